The molecule has 0 aliphatic carbocycles. The van der Waals surface area contributed by atoms with E-state index >= 15 is 0 Å². The standard InChI is InChI=1S/C22H28N4O2/c1-15-13-22(2,3)26(4)19-12-20(28-5)16(11-18(15)19)14-23-25-21(27)24-17-9-7-6-8-10-17/h6-12,14-15H,13H2,1-5H3,(H2,24,25,27)/b23-14+. The second-order valence-corrected chi connectivity index (χ2v) is 7.82. The van der Waals surface area contributed by atoms with Crippen LogP contribution < -0.4 is 20.4 Å². The average Bonchev–Trinajstić information content (AvgIpc) is 2.66. The Morgan fingerprint density at radius 3 is 2.68 bits per heavy atom. The topological polar surface area (TPSA) is 66.0 Å². The Morgan fingerprint density at radius 1 is 1.29 bits per heavy atom. The summed E-state index contributed by atoms with van der Waals surface area (Å²) in [6, 6.07) is 13.0. The Hall–Kier alpha value is -3.02. The Labute approximate surface area is 166 Å². The van der Waals surface area contributed by atoms with Crippen LogP contribution in [0.3, 0.4) is 0 Å². The number of nitrogens with one attached hydrogen (secondary N) is 2. The molecule has 2 aromatic rings. The highest BCUT2D eigenvalue weighted by Gasteiger charge is 2.34. The fraction of sp³-hybridized carbons (Fsp3) is 0.364. The number of amides is 2. The third-order valence-corrected chi connectivity index (χ3v) is 5.39. The molecule has 6 heteroatoms. The van der Waals surface area contributed by atoms with Crippen molar-refractivity contribution in [1.29, 1.82) is 0 Å². The number of hydrazone groups is 1. The summed E-state index contributed by atoms with van der Waals surface area (Å²) in [6.45, 7) is 6.75. The fourth-order valence-electron chi connectivity index (χ4n) is 3.73. The van der Waals surface area contributed by atoms with Crippen LogP contribution in [0.1, 0.15) is 44.2 Å². The van der Waals surface area contributed by atoms with Crippen LogP contribution in [0.25, 0.3) is 0 Å². The first-order valence-corrected chi connectivity index (χ1v) is 9.42. The van der Waals surface area contributed by atoms with Gasteiger partial charge < -0.3 is 15.0 Å². The van der Waals surface area contributed by atoms with E-state index in [-0.39, 0.29) is 5.54 Å². The summed E-state index contributed by atoms with van der Waals surface area (Å²) in [5.74, 6) is 1.15. The van der Waals surface area contributed by atoms with Crippen molar-refractivity contribution in [2.75, 3.05) is 24.4 Å². The van der Waals surface area contributed by atoms with Crippen molar-refractivity contribution in [2.24, 2.45) is 5.10 Å². The van der Waals surface area contributed by atoms with Gasteiger partial charge in [-0.25, -0.2) is 10.2 Å². The molecule has 1 aliphatic heterocycles. The highest BCUT2D eigenvalue weighted by atomic mass is 16.5. The molecule has 0 saturated carbocycles. The third-order valence-electron chi connectivity index (χ3n) is 5.39. The SMILES string of the molecule is COc1cc2c(cc1/C=N/NC(=O)Nc1ccccc1)C(C)CC(C)(C)N2C. The predicted octanol–water partition coefficient (Wildman–Crippen LogP) is 4.57. The Kier molecular flexibility index (Phi) is 5.58. The van der Waals surface area contributed by atoms with Crippen molar-refractivity contribution in [3.8, 4) is 5.75 Å². The Morgan fingerprint density at radius 2 is 2.00 bits per heavy atom. The zero-order valence-electron chi connectivity index (χ0n) is 17.1. The van der Waals surface area contributed by atoms with Gasteiger partial charge in [0.25, 0.3) is 0 Å². The highest BCUT2D eigenvalue weighted by molar-refractivity contribution is 5.91. The minimum atomic E-state index is -0.394. The van der Waals surface area contributed by atoms with Crippen molar-refractivity contribution in [3.63, 3.8) is 0 Å². The number of carbonyl (C=O) groups is 1. The van der Waals surface area contributed by atoms with Crippen molar-refractivity contribution >= 4 is 23.6 Å². The summed E-state index contributed by atoms with van der Waals surface area (Å²) < 4.78 is 5.57. The van der Waals surface area contributed by atoms with Crippen LogP contribution in [-0.4, -0.2) is 31.9 Å². The minimum Gasteiger partial charge on any atom is -0.496 e. The van der Waals surface area contributed by atoms with Gasteiger partial charge in [-0.1, -0.05) is 25.1 Å². The van der Waals surface area contributed by atoms with E-state index in [4.69, 9.17) is 4.74 Å². The van der Waals surface area contributed by atoms with Gasteiger partial charge in [-0.15, -0.1) is 0 Å². The monoisotopic (exact) mass is 380 g/mol. The van der Waals surface area contributed by atoms with Crippen LogP contribution in [-0.2, 0) is 0 Å². The molecule has 2 amide bonds. The van der Waals surface area contributed by atoms with Gasteiger partial charge >= 0.3 is 6.03 Å². The van der Waals surface area contributed by atoms with Crippen LogP contribution in [0.2, 0.25) is 0 Å². The molecule has 0 fully saturated rings. The van der Waals surface area contributed by atoms with Gasteiger partial charge in [0.2, 0.25) is 0 Å². The third kappa shape index (κ3) is 4.11. The maximum Gasteiger partial charge on any atom is 0.339 e. The van der Waals surface area contributed by atoms with E-state index in [0.29, 0.717) is 11.6 Å². The van der Waals surface area contributed by atoms with Crippen molar-refractivity contribution < 1.29 is 9.53 Å². The summed E-state index contributed by atoms with van der Waals surface area (Å²) in [5.41, 5.74) is 6.56. The number of ether oxygens (including phenoxy) is 1. The number of anilines is 2. The van der Waals surface area contributed by atoms with E-state index in [1.54, 1.807) is 13.3 Å². The van der Waals surface area contributed by atoms with Crippen LogP contribution in [0.15, 0.2) is 47.6 Å². The van der Waals surface area contributed by atoms with Gasteiger partial charge in [-0.3, -0.25) is 0 Å². The Balaban J connectivity index is 1.78. The number of carbonyl (C=O) groups excluding carboxylic acids is 1. The molecule has 1 atom stereocenters. The Bertz CT molecular complexity index is 878. The number of urea groups is 1. The molecule has 1 unspecified atom stereocenters. The molecule has 2 aromatic carbocycles. The summed E-state index contributed by atoms with van der Waals surface area (Å²) in [7, 11) is 3.76. The van der Waals surface area contributed by atoms with Crippen molar-refractivity contribution in [1.82, 2.24) is 5.43 Å². The first kappa shape index (κ1) is 19.7. The molecule has 1 heterocycles. The first-order valence-electron chi connectivity index (χ1n) is 9.42. The lowest BCUT2D eigenvalue weighted by molar-refractivity contribution is 0.252. The first-order chi connectivity index (χ1) is 13.3. The number of nitrogens with zero attached hydrogens (tertiary/aromatic N) is 2. The zero-order valence-corrected chi connectivity index (χ0v) is 17.1. The van der Waals surface area contributed by atoms with Crippen LogP contribution in [0.4, 0.5) is 16.2 Å². The number of para-hydroxylation sites is 1. The maximum absolute atomic E-state index is 12.0. The summed E-state index contributed by atoms with van der Waals surface area (Å²) in [4.78, 5) is 14.3. The molecule has 0 bridgehead atoms. The summed E-state index contributed by atoms with van der Waals surface area (Å²) in [5, 5.41) is 6.81. The smallest absolute Gasteiger partial charge is 0.339 e. The van der Waals surface area contributed by atoms with Gasteiger partial charge in [0.1, 0.15) is 5.75 Å². The fourth-order valence-corrected chi connectivity index (χ4v) is 3.73. The number of hydrogen-bond donors (Lipinski definition) is 2. The molecule has 6 nitrogen and oxygen atoms in total. The van der Waals surface area contributed by atoms with Crippen LogP contribution >= 0.6 is 0 Å². The van der Waals surface area contributed by atoms with Crippen LogP contribution in [0, 0.1) is 0 Å². The highest BCUT2D eigenvalue weighted by Crippen LogP contribution is 2.44. The molecule has 1 aliphatic rings. The summed E-state index contributed by atoms with van der Waals surface area (Å²) in [6.07, 6.45) is 2.69. The largest absolute Gasteiger partial charge is 0.496 e. The molecule has 0 saturated heterocycles. The van der Waals surface area contributed by atoms with Gasteiger partial charge in [-0.2, -0.15) is 5.10 Å². The molecule has 28 heavy (non-hydrogen) atoms. The van der Waals surface area contributed by atoms with Gasteiger partial charge in [0.15, 0.2) is 0 Å². The average molecular weight is 380 g/mol. The normalized spacial score (nSPS) is 17.9. The number of methoxy groups -OCH3 is 1. The number of rotatable bonds is 4. The molecular formula is C22H28N4O2. The van der Waals surface area contributed by atoms with Crippen molar-refractivity contribution in [3.05, 3.63) is 53.6 Å². The minimum absolute atomic E-state index is 0.0874. The molecular weight excluding hydrogens is 352 g/mol. The number of hydrogen-bond acceptors (Lipinski definition) is 4. The predicted molar refractivity (Wildman–Crippen MR) is 115 cm³/mol. The van der Waals surface area contributed by atoms with E-state index in [0.717, 1.165) is 17.7 Å². The second kappa shape index (κ2) is 7.92. The van der Waals surface area contributed by atoms with E-state index in [2.05, 4.69) is 60.7 Å². The molecule has 0 radical (unpaired) electrons. The van der Waals surface area contributed by atoms with Gasteiger partial charge in [0, 0.05) is 35.6 Å². The lowest BCUT2D eigenvalue weighted by Gasteiger charge is -2.45. The molecule has 148 valence electrons. The van der Waals surface area contributed by atoms with E-state index in [1.807, 2.05) is 30.3 Å². The quantitative estimate of drug-likeness (QED) is 0.603. The molecule has 2 N–H and O–H groups in total. The number of fused-ring (bicyclic) bond motifs is 1. The van der Waals surface area contributed by atoms with Crippen LogP contribution in [0.5, 0.6) is 5.75 Å². The molecule has 0 aromatic heterocycles. The maximum atomic E-state index is 12.0. The van der Waals surface area contributed by atoms with E-state index in [1.165, 1.54) is 11.3 Å². The lowest BCUT2D eigenvalue weighted by Crippen LogP contribution is -2.45. The zero-order chi connectivity index (χ0) is 20.3. The van der Waals surface area contributed by atoms with Gasteiger partial charge in [0.05, 0.1) is 13.3 Å². The van der Waals surface area contributed by atoms with Crippen molar-refractivity contribution in [2.45, 2.75) is 38.6 Å². The molecule has 3 rings (SSSR count). The van der Waals surface area contributed by atoms with E-state index in [9.17, 15) is 4.79 Å². The number of benzene rings is 2. The lowest BCUT2D eigenvalue weighted by atomic mass is 9.80. The second-order valence-electron chi connectivity index (χ2n) is 7.82. The molecule has 0 spiro atoms. The van der Waals surface area contributed by atoms with E-state index < -0.39 is 6.03 Å². The van der Waals surface area contributed by atoms with Gasteiger partial charge in [-0.05, 0) is 49.9 Å². The summed E-state index contributed by atoms with van der Waals surface area (Å²) >= 11 is 0.